The lowest BCUT2D eigenvalue weighted by molar-refractivity contribution is 0.0921. The molecule has 3 aromatic heterocycles. The molecule has 32 heavy (non-hydrogen) atoms. The molecule has 1 N–H and O–H groups in total. The first-order chi connectivity index (χ1) is 15.7. The monoisotopic (exact) mass is 425 g/mol. The Balaban J connectivity index is 1.25. The number of hydrogen-bond acceptors (Lipinski definition) is 5. The van der Waals surface area contributed by atoms with Crippen LogP contribution in [0.3, 0.4) is 0 Å². The molecule has 1 aromatic carbocycles. The Kier molecular flexibility index (Phi) is 5.46. The maximum Gasteiger partial charge on any atom is 0.267 e. The van der Waals surface area contributed by atoms with Crippen molar-refractivity contribution < 1.29 is 4.79 Å². The van der Waals surface area contributed by atoms with Crippen molar-refractivity contribution in [3.63, 3.8) is 0 Å². The van der Waals surface area contributed by atoms with E-state index >= 15 is 0 Å². The van der Waals surface area contributed by atoms with E-state index in [1.165, 1.54) is 0 Å². The second kappa shape index (κ2) is 8.70. The van der Waals surface area contributed by atoms with Crippen LogP contribution in [0, 0.1) is 0 Å². The number of carbonyl (C=O) groups is 1. The van der Waals surface area contributed by atoms with Gasteiger partial charge in [-0.25, -0.2) is 4.68 Å². The highest BCUT2D eigenvalue weighted by Gasteiger charge is 2.25. The Morgan fingerprint density at radius 1 is 0.938 bits per heavy atom. The predicted octanol–water partition coefficient (Wildman–Crippen LogP) is 3.77. The topological polar surface area (TPSA) is 89.8 Å². The van der Waals surface area contributed by atoms with E-state index in [1.807, 2.05) is 42.5 Å². The van der Waals surface area contributed by atoms with Crippen LogP contribution in [0.25, 0.3) is 22.2 Å². The van der Waals surface area contributed by atoms with Gasteiger partial charge in [-0.05, 0) is 68.1 Å². The summed E-state index contributed by atoms with van der Waals surface area (Å²) in [7, 11) is 0. The maximum atomic E-state index is 12.8. The van der Waals surface area contributed by atoms with Crippen LogP contribution in [0.15, 0.2) is 78.0 Å². The largest absolute Gasteiger partial charge is 0.349 e. The van der Waals surface area contributed by atoms with Crippen molar-refractivity contribution in [1.29, 1.82) is 0 Å². The van der Waals surface area contributed by atoms with Crippen LogP contribution in [0.1, 0.15) is 42.1 Å². The third-order valence-corrected chi connectivity index (χ3v) is 6.04. The number of pyridine rings is 2. The summed E-state index contributed by atoms with van der Waals surface area (Å²) in [5.74, 6) is -0.0748. The van der Waals surface area contributed by atoms with Gasteiger partial charge in [-0.1, -0.05) is 6.07 Å². The fraction of sp³-hybridized carbons (Fsp3) is 0.240. The summed E-state index contributed by atoms with van der Waals surface area (Å²) in [6.45, 7) is 0. The fourth-order valence-corrected chi connectivity index (χ4v) is 4.31. The summed E-state index contributed by atoms with van der Waals surface area (Å²) >= 11 is 0. The molecule has 0 atom stereocenters. The number of aromatic nitrogens is 4. The summed E-state index contributed by atoms with van der Waals surface area (Å²) in [5, 5.41) is 8.71. The van der Waals surface area contributed by atoms with Gasteiger partial charge in [0.05, 0.1) is 17.3 Å². The highest BCUT2D eigenvalue weighted by molar-refractivity contribution is 5.98. The van der Waals surface area contributed by atoms with Crippen molar-refractivity contribution in [3.05, 3.63) is 89.1 Å². The number of amides is 1. The van der Waals surface area contributed by atoms with Gasteiger partial charge in [-0.2, -0.15) is 5.10 Å². The van der Waals surface area contributed by atoms with E-state index in [4.69, 9.17) is 0 Å². The first kappa shape index (κ1) is 20.1. The Hall–Kier alpha value is -3.87. The second-order valence-corrected chi connectivity index (χ2v) is 8.13. The first-order valence-corrected chi connectivity index (χ1v) is 10.8. The highest BCUT2D eigenvalue weighted by atomic mass is 16.1. The molecular weight excluding hydrogens is 402 g/mol. The van der Waals surface area contributed by atoms with Gasteiger partial charge >= 0.3 is 0 Å². The molecule has 1 amide bonds. The van der Waals surface area contributed by atoms with Crippen molar-refractivity contribution in [3.8, 4) is 11.3 Å². The quantitative estimate of drug-likeness (QED) is 0.538. The lowest BCUT2D eigenvalue weighted by Gasteiger charge is -2.29. The normalized spacial score (nSPS) is 18.4. The van der Waals surface area contributed by atoms with E-state index in [0.29, 0.717) is 5.56 Å². The van der Waals surface area contributed by atoms with Gasteiger partial charge < -0.3 is 5.32 Å². The van der Waals surface area contributed by atoms with E-state index in [1.54, 1.807) is 35.4 Å². The van der Waals surface area contributed by atoms with Crippen molar-refractivity contribution in [1.82, 2.24) is 25.1 Å². The molecule has 7 nitrogen and oxygen atoms in total. The minimum atomic E-state index is -0.0972. The lowest BCUT2D eigenvalue weighted by Crippen LogP contribution is -2.39. The molecule has 0 bridgehead atoms. The molecule has 0 aliphatic heterocycles. The Morgan fingerprint density at radius 3 is 2.56 bits per heavy atom. The number of hydrogen-bond donors (Lipinski definition) is 1. The SMILES string of the molecule is O=C(NC1CCC(n2nc(-c3ccncc3)ccc2=O)CC1)c1ccc2ncccc2c1. The van der Waals surface area contributed by atoms with Crippen molar-refractivity contribution >= 4 is 16.8 Å². The zero-order chi connectivity index (χ0) is 21.9. The summed E-state index contributed by atoms with van der Waals surface area (Å²) in [6, 6.07) is 16.6. The number of nitrogens with one attached hydrogen (secondary N) is 1. The first-order valence-electron chi connectivity index (χ1n) is 10.8. The van der Waals surface area contributed by atoms with Crippen LogP contribution in [0.5, 0.6) is 0 Å². The summed E-state index contributed by atoms with van der Waals surface area (Å²) in [6.07, 6.45) is 8.36. The van der Waals surface area contributed by atoms with Gasteiger partial charge in [0.2, 0.25) is 0 Å². The fourth-order valence-electron chi connectivity index (χ4n) is 4.31. The standard InChI is InChI=1S/C25H23N5O2/c31-24-10-9-23(17-11-14-26-15-12-17)29-30(24)21-6-4-20(5-7-21)28-25(32)19-3-8-22-18(16-19)2-1-13-27-22/h1-3,8-16,20-21H,4-7H2,(H,28,32). The molecule has 0 saturated heterocycles. The molecule has 1 aliphatic carbocycles. The van der Waals surface area contributed by atoms with Crippen LogP contribution in [-0.2, 0) is 0 Å². The molecular formula is C25H23N5O2. The molecule has 5 rings (SSSR count). The number of fused-ring (bicyclic) bond motifs is 1. The van der Waals surface area contributed by atoms with Crippen LogP contribution in [0.2, 0.25) is 0 Å². The molecule has 1 fully saturated rings. The van der Waals surface area contributed by atoms with Crippen LogP contribution in [0.4, 0.5) is 0 Å². The summed E-state index contributed by atoms with van der Waals surface area (Å²) in [5.41, 5.74) is 3.10. The third-order valence-electron chi connectivity index (χ3n) is 6.04. The smallest absolute Gasteiger partial charge is 0.267 e. The van der Waals surface area contributed by atoms with E-state index < -0.39 is 0 Å². The molecule has 1 aliphatic rings. The highest BCUT2D eigenvalue weighted by Crippen LogP contribution is 2.28. The van der Waals surface area contributed by atoms with Gasteiger partial charge in [-0.3, -0.25) is 19.6 Å². The zero-order valence-electron chi connectivity index (χ0n) is 17.5. The van der Waals surface area contributed by atoms with Crippen molar-refractivity contribution in [2.75, 3.05) is 0 Å². The van der Waals surface area contributed by atoms with Gasteiger partial charge in [-0.15, -0.1) is 0 Å². The zero-order valence-corrected chi connectivity index (χ0v) is 17.5. The van der Waals surface area contributed by atoms with Gasteiger partial charge in [0.25, 0.3) is 11.5 Å². The molecule has 4 aromatic rings. The molecule has 160 valence electrons. The lowest BCUT2D eigenvalue weighted by atomic mass is 9.91. The van der Waals surface area contributed by atoms with Gasteiger partial charge in [0.1, 0.15) is 0 Å². The van der Waals surface area contributed by atoms with Crippen LogP contribution < -0.4 is 10.9 Å². The Bertz CT molecular complexity index is 1310. The van der Waals surface area contributed by atoms with Gasteiger partial charge in [0.15, 0.2) is 0 Å². The molecule has 7 heteroatoms. The van der Waals surface area contributed by atoms with Crippen molar-refractivity contribution in [2.24, 2.45) is 0 Å². The minimum absolute atomic E-state index is 0.0317. The number of nitrogens with zero attached hydrogens (tertiary/aromatic N) is 4. The maximum absolute atomic E-state index is 12.8. The van der Waals surface area contributed by atoms with Crippen molar-refractivity contribution in [2.45, 2.75) is 37.8 Å². The molecule has 0 radical (unpaired) electrons. The Morgan fingerprint density at radius 2 is 1.75 bits per heavy atom. The average molecular weight is 425 g/mol. The molecule has 0 unspecified atom stereocenters. The van der Waals surface area contributed by atoms with Crippen LogP contribution >= 0.6 is 0 Å². The third kappa shape index (κ3) is 4.14. The summed E-state index contributed by atoms with van der Waals surface area (Å²) in [4.78, 5) is 33.6. The van der Waals surface area contributed by atoms with E-state index in [0.717, 1.165) is 47.8 Å². The molecule has 1 saturated carbocycles. The Labute approximate surface area is 185 Å². The average Bonchev–Trinajstić information content (AvgIpc) is 2.85. The number of benzene rings is 1. The summed E-state index contributed by atoms with van der Waals surface area (Å²) < 4.78 is 1.60. The molecule has 3 heterocycles. The van der Waals surface area contributed by atoms with Gasteiger partial charge in [0, 0.05) is 47.2 Å². The van der Waals surface area contributed by atoms with E-state index in [9.17, 15) is 9.59 Å². The van der Waals surface area contributed by atoms with E-state index in [2.05, 4.69) is 20.4 Å². The predicted molar refractivity (Wildman–Crippen MR) is 122 cm³/mol. The number of carbonyl (C=O) groups excluding carboxylic acids is 1. The molecule has 0 spiro atoms. The number of rotatable bonds is 4. The minimum Gasteiger partial charge on any atom is -0.349 e. The van der Waals surface area contributed by atoms with E-state index in [-0.39, 0.29) is 23.6 Å². The van der Waals surface area contributed by atoms with Crippen LogP contribution in [-0.4, -0.2) is 31.7 Å². The second-order valence-electron chi connectivity index (χ2n) is 8.13.